The van der Waals surface area contributed by atoms with Crippen molar-refractivity contribution in [1.82, 2.24) is 5.32 Å². The zero-order valence-electron chi connectivity index (χ0n) is 11.6. The first-order valence-corrected chi connectivity index (χ1v) is 7.67. The van der Waals surface area contributed by atoms with Crippen LogP contribution >= 0.6 is 0 Å². The van der Waals surface area contributed by atoms with Gasteiger partial charge in [0.25, 0.3) is 0 Å². The first kappa shape index (κ1) is 13.1. The van der Waals surface area contributed by atoms with Gasteiger partial charge >= 0.3 is 0 Å². The van der Waals surface area contributed by atoms with Crippen molar-refractivity contribution in [3.63, 3.8) is 0 Å². The van der Waals surface area contributed by atoms with Crippen molar-refractivity contribution in [2.75, 3.05) is 6.54 Å². The molecule has 0 bridgehead atoms. The fourth-order valence-corrected chi connectivity index (χ4v) is 3.27. The Bertz CT molecular complexity index is 244. The van der Waals surface area contributed by atoms with Crippen LogP contribution in [0.25, 0.3) is 0 Å². The van der Waals surface area contributed by atoms with Gasteiger partial charge in [-0.15, -0.1) is 0 Å². The highest BCUT2D eigenvalue weighted by molar-refractivity contribution is 5.12. The summed E-state index contributed by atoms with van der Waals surface area (Å²) in [5, 5.41) is 3.74. The van der Waals surface area contributed by atoms with Gasteiger partial charge in [-0.25, -0.2) is 0 Å². The van der Waals surface area contributed by atoms with Crippen LogP contribution in [0.4, 0.5) is 0 Å². The van der Waals surface area contributed by atoms with E-state index in [0.717, 1.165) is 23.8 Å². The van der Waals surface area contributed by atoms with Gasteiger partial charge in [0.2, 0.25) is 0 Å². The average molecular weight is 235 g/mol. The fraction of sp³-hybridized carbons (Fsp3) is 0.875. The number of nitrogens with one attached hydrogen (secondary N) is 1. The second kappa shape index (κ2) is 6.58. The molecule has 1 N–H and O–H groups in total. The van der Waals surface area contributed by atoms with E-state index in [1.807, 2.05) is 0 Å². The average Bonchev–Trinajstić information content (AvgIpc) is 2.63. The molecule has 1 saturated carbocycles. The minimum atomic E-state index is 0.814. The molecule has 0 aromatic rings. The Hall–Kier alpha value is -0.300. The Morgan fingerprint density at radius 1 is 1.18 bits per heavy atom. The normalized spacial score (nSPS) is 30.6. The molecule has 0 amide bonds. The molecule has 0 spiro atoms. The van der Waals surface area contributed by atoms with Gasteiger partial charge in [-0.05, 0) is 43.6 Å². The van der Waals surface area contributed by atoms with Gasteiger partial charge in [0.1, 0.15) is 0 Å². The number of rotatable bonds is 8. The molecule has 3 unspecified atom stereocenters. The summed E-state index contributed by atoms with van der Waals surface area (Å²) in [4.78, 5) is 0. The Morgan fingerprint density at radius 2 is 2.00 bits per heavy atom. The zero-order chi connectivity index (χ0) is 12.1. The van der Waals surface area contributed by atoms with Gasteiger partial charge in [-0.3, -0.25) is 0 Å². The number of hydrogen-bond acceptors (Lipinski definition) is 1. The molecule has 0 aromatic carbocycles. The van der Waals surface area contributed by atoms with Crippen molar-refractivity contribution in [3.8, 4) is 0 Å². The number of hydrogen-bond donors (Lipinski definition) is 1. The minimum Gasteiger partial charge on any atom is -0.313 e. The van der Waals surface area contributed by atoms with Crippen LogP contribution in [0.15, 0.2) is 12.2 Å². The van der Waals surface area contributed by atoms with E-state index >= 15 is 0 Å². The summed E-state index contributed by atoms with van der Waals surface area (Å²) in [6, 6.07) is 0.814. The summed E-state index contributed by atoms with van der Waals surface area (Å²) in [5.74, 6) is 2.77. The van der Waals surface area contributed by atoms with Crippen molar-refractivity contribution in [2.45, 2.75) is 64.8 Å². The molecule has 0 radical (unpaired) electrons. The van der Waals surface area contributed by atoms with Crippen LogP contribution in [0.1, 0.15) is 58.8 Å². The molecule has 98 valence electrons. The molecule has 2 aliphatic carbocycles. The molecule has 1 nitrogen and oxygen atoms in total. The molecule has 0 aliphatic heterocycles. The first-order valence-electron chi connectivity index (χ1n) is 7.67. The van der Waals surface area contributed by atoms with E-state index in [9.17, 15) is 0 Å². The predicted molar refractivity (Wildman–Crippen MR) is 75.1 cm³/mol. The molecule has 2 aliphatic rings. The smallest absolute Gasteiger partial charge is 0.0136 e. The molecule has 1 fully saturated rings. The van der Waals surface area contributed by atoms with Crippen LogP contribution in [0, 0.1) is 17.8 Å². The maximum atomic E-state index is 3.74. The number of fused-ring (bicyclic) bond motifs is 1. The highest BCUT2D eigenvalue weighted by atomic mass is 14.9. The summed E-state index contributed by atoms with van der Waals surface area (Å²) in [5.41, 5.74) is 0. The van der Waals surface area contributed by atoms with E-state index in [1.54, 1.807) is 0 Å². The predicted octanol–water partition coefficient (Wildman–Crippen LogP) is 4.15. The first-order chi connectivity index (χ1) is 8.27. The summed E-state index contributed by atoms with van der Waals surface area (Å²) in [6.07, 6.45) is 14.6. The lowest BCUT2D eigenvalue weighted by molar-refractivity contribution is 0.163. The molecule has 2 rings (SSSR count). The standard InChI is InChI=1S/C16H29N/c1-13(2)8-5-3-4-6-11-17-16-12-14-9-7-10-15(14)16/h7,10,13-17H,3-6,8-9,11-12H2,1-2H3. The molecular weight excluding hydrogens is 206 g/mol. The van der Waals surface area contributed by atoms with Gasteiger partial charge < -0.3 is 5.32 Å². The van der Waals surface area contributed by atoms with E-state index in [4.69, 9.17) is 0 Å². The third-order valence-electron chi connectivity index (χ3n) is 4.48. The third kappa shape index (κ3) is 3.84. The Kier molecular flexibility index (Phi) is 5.09. The Labute approximate surface area is 107 Å². The molecule has 17 heavy (non-hydrogen) atoms. The lowest BCUT2D eigenvalue weighted by Crippen LogP contribution is -2.48. The minimum absolute atomic E-state index is 0.814. The lowest BCUT2D eigenvalue weighted by atomic mass is 9.71. The van der Waals surface area contributed by atoms with Crippen LogP contribution in [0.3, 0.4) is 0 Å². The van der Waals surface area contributed by atoms with Crippen LogP contribution in [0.5, 0.6) is 0 Å². The Morgan fingerprint density at radius 3 is 2.76 bits per heavy atom. The van der Waals surface area contributed by atoms with Gasteiger partial charge in [-0.2, -0.15) is 0 Å². The van der Waals surface area contributed by atoms with Crippen LogP contribution in [-0.2, 0) is 0 Å². The van der Waals surface area contributed by atoms with E-state index in [0.29, 0.717) is 0 Å². The van der Waals surface area contributed by atoms with Crippen molar-refractivity contribution in [3.05, 3.63) is 12.2 Å². The van der Waals surface area contributed by atoms with E-state index < -0.39 is 0 Å². The highest BCUT2D eigenvalue weighted by Crippen LogP contribution is 2.42. The SMILES string of the molecule is CC(C)CCCCCCNC1CC2CC=CC21. The molecule has 1 heteroatoms. The van der Waals surface area contributed by atoms with Crippen molar-refractivity contribution in [1.29, 1.82) is 0 Å². The quantitative estimate of drug-likeness (QED) is 0.492. The summed E-state index contributed by atoms with van der Waals surface area (Å²) in [6.45, 7) is 5.89. The van der Waals surface area contributed by atoms with Crippen molar-refractivity contribution in [2.24, 2.45) is 17.8 Å². The van der Waals surface area contributed by atoms with Crippen molar-refractivity contribution >= 4 is 0 Å². The second-order valence-electron chi connectivity index (χ2n) is 6.39. The van der Waals surface area contributed by atoms with Gasteiger partial charge in [0, 0.05) is 6.04 Å². The van der Waals surface area contributed by atoms with Gasteiger partial charge in [0.15, 0.2) is 0 Å². The third-order valence-corrected chi connectivity index (χ3v) is 4.48. The molecule has 0 saturated heterocycles. The van der Waals surface area contributed by atoms with Crippen LogP contribution < -0.4 is 5.32 Å². The van der Waals surface area contributed by atoms with E-state index in [2.05, 4.69) is 31.3 Å². The van der Waals surface area contributed by atoms with Crippen molar-refractivity contribution < 1.29 is 0 Å². The number of allylic oxidation sites excluding steroid dienone is 1. The highest BCUT2D eigenvalue weighted by Gasteiger charge is 2.40. The molecule has 0 aromatic heterocycles. The van der Waals surface area contributed by atoms with Crippen LogP contribution in [-0.4, -0.2) is 12.6 Å². The summed E-state index contributed by atoms with van der Waals surface area (Å²) in [7, 11) is 0. The van der Waals surface area contributed by atoms with E-state index in [-0.39, 0.29) is 0 Å². The topological polar surface area (TPSA) is 12.0 Å². The maximum absolute atomic E-state index is 3.74. The summed E-state index contributed by atoms with van der Waals surface area (Å²) < 4.78 is 0. The zero-order valence-corrected chi connectivity index (χ0v) is 11.6. The Balaban J connectivity index is 1.41. The molecule has 0 heterocycles. The van der Waals surface area contributed by atoms with Crippen LogP contribution in [0.2, 0.25) is 0 Å². The molecule has 3 atom stereocenters. The summed E-state index contributed by atoms with van der Waals surface area (Å²) >= 11 is 0. The molecular formula is C16H29N. The van der Waals surface area contributed by atoms with E-state index in [1.165, 1.54) is 51.5 Å². The maximum Gasteiger partial charge on any atom is 0.0136 e. The van der Waals surface area contributed by atoms with Gasteiger partial charge in [-0.1, -0.05) is 51.7 Å². The largest absolute Gasteiger partial charge is 0.313 e. The number of unbranched alkanes of at least 4 members (excludes halogenated alkanes) is 3. The van der Waals surface area contributed by atoms with Gasteiger partial charge in [0.05, 0.1) is 0 Å². The fourth-order valence-electron chi connectivity index (χ4n) is 3.27. The lowest BCUT2D eigenvalue weighted by Gasteiger charge is -2.40. The monoisotopic (exact) mass is 235 g/mol. The second-order valence-corrected chi connectivity index (χ2v) is 6.39.